The van der Waals surface area contributed by atoms with Crippen LogP contribution in [-0.4, -0.2) is 37.7 Å². The zero-order valence-corrected chi connectivity index (χ0v) is 18.7. The molecule has 0 aliphatic rings. The Morgan fingerprint density at radius 2 is 2.04 bits per heavy atom. The Balaban J connectivity index is 0.00000312. The highest BCUT2D eigenvalue weighted by molar-refractivity contribution is 14.0. The number of halogens is 3. The monoisotopic (exact) mass is 514 g/mol. The van der Waals surface area contributed by atoms with Gasteiger partial charge in [-0.1, -0.05) is 29.3 Å². The predicted octanol–water partition coefficient (Wildman–Crippen LogP) is 4.16. The quantitative estimate of drug-likeness (QED) is 0.252. The molecule has 0 fully saturated rings. The molecule has 2 rings (SSSR count). The summed E-state index contributed by atoms with van der Waals surface area (Å²) in [5.74, 6) is 1.30. The molecule has 2 aromatic rings. The smallest absolute Gasteiger partial charge is 0.191 e. The van der Waals surface area contributed by atoms with E-state index in [0.29, 0.717) is 28.9 Å². The SMILES string of the molecule is CN=C(NCCOc1cccc(Cl)c1Cl)NCCc1ncc(C)s1.I. The Morgan fingerprint density at radius 3 is 2.72 bits per heavy atom. The van der Waals surface area contributed by atoms with E-state index in [-0.39, 0.29) is 24.0 Å². The minimum atomic E-state index is 0. The van der Waals surface area contributed by atoms with Crippen LogP contribution in [0.3, 0.4) is 0 Å². The molecule has 1 aromatic heterocycles. The number of benzene rings is 1. The van der Waals surface area contributed by atoms with Crippen molar-refractivity contribution >= 4 is 64.5 Å². The summed E-state index contributed by atoms with van der Waals surface area (Å²) in [5, 5.41) is 8.47. The third-order valence-corrected chi connectivity index (χ3v) is 4.87. The van der Waals surface area contributed by atoms with Gasteiger partial charge in [-0.2, -0.15) is 0 Å². The standard InChI is InChI=1S/C16H20Cl2N4OS.HI/c1-11-10-22-14(24-11)6-7-20-16(19-2)21-8-9-23-13-5-3-4-12(17)15(13)18;/h3-5,10H,6-9H2,1-2H3,(H2,19,20,21);1H. The minimum absolute atomic E-state index is 0. The average molecular weight is 515 g/mol. The number of aryl methyl sites for hydroxylation is 1. The Hall–Kier alpha value is -0.770. The number of hydrogen-bond donors (Lipinski definition) is 2. The maximum atomic E-state index is 6.07. The Kier molecular flexibility index (Phi) is 10.5. The molecule has 2 N–H and O–H groups in total. The predicted molar refractivity (Wildman–Crippen MR) is 117 cm³/mol. The summed E-state index contributed by atoms with van der Waals surface area (Å²) in [6, 6.07) is 5.32. The topological polar surface area (TPSA) is 58.5 Å². The van der Waals surface area contributed by atoms with Crippen LogP contribution in [0.25, 0.3) is 0 Å². The molecule has 1 aromatic carbocycles. The second-order valence-corrected chi connectivity index (χ2v) is 7.05. The van der Waals surface area contributed by atoms with Gasteiger partial charge in [-0.15, -0.1) is 35.3 Å². The van der Waals surface area contributed by atoms with Crippen molar-refractivity contribution in [2.75, 3.05) is 26.7 Å². The summed E-state index contributed by atoms with van der Waals surface area (Å²) in [5.41, 5.74) is 0. The molecule has 0 saturated heterocycles. The molecular weight excluding hydrogens is 494 g/mol. The van der Waals surface area contributed by atoms with E-state index in [1.165, 1.54) is 4.88 Å². The van der Waals surface area contributed by atoms with Crippen LogP contribution in [0.5, 0.6) is 5.75 Å². The first kappa shape index (κ1) is 22.3. The molecule has 0 spiro atoms. The van der Waals surface area contributed by atoms with Crippen LogP contribution in [0, 0.1) is 6.92 Å². The van der Waals surface area contributed by atoms with E-state index < -0.39 is 0 Å². The number of nitrogens with one attached hydrogen (secondary N) is 2. The highest BCUT2D eigenvalue weighted by Crippen LogP contribution is 2.31. The number of hydrogen-bond acceptors (Lipinski definition) is 4. The van der Waals surface area contributed by atoms with Crippen molar-refractivity contribution in [1.82, 2.24) is 15.6 Å². The van der Waals surface area contributed by atoms with E-state index in [1.54, 1.807) is 36.6 Å². The molecule has 0 amide bonds. The molecule has 0 atom stereocenters. The van der Waals surface area contributed by atoms with Gasteiger partial charge in [0.05, 0.1) is 16.6 Å². The molecule has 0 bridgehead atoms. The molecule has 0 aliphatic carbocycles. The van der Waals surface area contributed by atoms with Crippen LogP contribution in [-0.2, 0) is 6.42 Å². The fraction of sp³-hybridized carbons (Fsp3) is 0.375. The van der Waals surface area contributed by atoms with Gasteiger partial charge < -0.3 is 15.4 Å². The van der Waals surface area contributed by atoms with Gasteiger partial charge in [0, 0.05) is 31.1 Å². The van der Waals surface area contributed by atoms with Gasteiger partial charge in [0.1, 0.15) is 17.4 Å². The van der Waals surface area contributed by atoms with Crippen LogP contribution >= 0.6 is 58.5 Å². The zero-order chi connectivity index (χ0) is 17.4. The summed E-state index contributed by atoms with van der Waals surface area (Å²) >= 11 is 13.7. The average Bonchev–Trinajstić information content (AvgIpc) is 2.98. The maximum absolute atomic E-state index is 6.07. The Bertz CT molecular complexity index is 697. The van der Waals surface area contributed by atoms with Crippen molar-refractivity contribution in [2.24, 2.45) is 4.99 Å². The number of ether oxygens (including phenoxy) is 1. The molecule has 1 heterocycles. The summed E-state index contributed by atoms with van der Waals surface area (Å²) in [7, 11) is 1.73. The third-order valence-electron chi connectivity index (χ3n) is 3.09. The van der Waals surface area contributed by atoms with Crippen molar-refractivity contribution < 1.29 is 4.74 Å². The minimum Gasteiger partial charge on any atom is -0.490 e. The number of aromatic nitrogens is 1. The van der Waals surface area contributed by atoms with E-state index in [9.17, 15) is 0 Å². The van der Waals surface area contributed by atoms with Crippen molar-refractivity contribution in [1.29, 1.82) is 0 Å². The van der Waals surface area contributed by atoms with E-state index in [1.807, 2.05) is 6.20 Å². The molecule has 25 heavy (non-hydrogen) atoms. The lowest BCUT2D eigenvalue weighted by Gasteiger charge is -2.13. The van der Waals surface area contributed by atoms with Gasteiger partial charge in [0.25, 0.3) is 0 Å². The fourth-order valence-electron chi connectivity index (χ4n) is 1.95. The molecule has 0 unspecified atom stereocenters. The first-order valence-corrected chi connectivity index (χ1v) is 9.10. The molecule has 0 aliphatic heterocycles. The van der Waals surface area contributed by atoms with E-state index >= 15 is 0 Å². The van der Waals surface area contributed by atoms with Gasteiger partial charge in [0.15, 0.2) is 5.96 Å². The number of nitrogens with zero attached hydrogens (tertiary/aromatic N) is 2. The van der Waals surface area contributed by atoms with Crippen molar-refractivity contribution in [2.45, 2.75) is 13.3 Å². The number of guanidine groups is 1. The molecule has 0 saturated carbocycles. The van der Waals surface area contributed by atoms with E-state index in [0.717, 1.165) is 23.9 Å². The number of thiazole rings is 1. The van der Waals surface area contributed by atoms with Gasteiger partial charge in [-0.05, 0) is 19.1 Å². The van der Waals surface area contributed by atoms with Crippen LogP contribution in [0.15, 0.2) is 29.4 Å². The van der Waals surface area contributed by atoms with E-state index in [4.69, 9.17) is 27.9 Å². The van der Waals surface area contributed by atoms with Gasteiger partial charge >= 0.3 is 0 Å². The fourth-order valence-corrected chi connectivity index (χ4v) is 3.08. The summed E-state index contributed by atoms with van der Waals surface area (Å²) in [6.07, 6.45) is 2.76. The van der Waals surface area contributed by atoms with Crippen molar-refractivity contribution in [3.8, 4) is 5.75 Å². The van der Waals surface area contributed by atoms with Crippen LogP contribution in [0.2, 0.25) is 10.0 Å². The normalized spacial score (nSPS) is 11.0. The Labute approximate surface area is 179 Å². The number of aliphatic imine (C=N–C) groups is 1. The third kappa shape index (κ3) is 7.55. The second-order valence-electron chi connectivity index (χ2n) is 4.94. The molecule has 9 heteroatoms. The van der Waals surface area contributed by atoms with Gasteiger partial charge in [0.2, 0.25) is 0 Å². The first-order chi connectivity index (χ1) is 11.6. The van der Waals surface area contributed by atoms with Crippen molar-refractivity contribution in [3.05, 3.63) is 44.3 Å². The molecule has 5 nitrogen and oxygen atoms in total. The highest BCUT2D eigenvalue weighted by Gasteiger charge is 2.05. The summed E-state index contributed by atoms with van der Waals surface area (Å²) in [4.78, 5) is 9.74. The lowest BCUT2D eigenvalue weighted by molar-refractivity contribution is 0.322. The number of rotatable bonds is 7. The largest absolute Gasteiger partial charge is 0.490 e. The molecule has 138 valence electrons. The highest BCUT2D eigenvalue weighted by atomic mass is 127. The second kappa shape index (κ2) is 11.8. The lowest BCUT2D eigenvalue weighted by atomic mass is 10.3. The van der Waals surface area contributed by atoms with E-state index in [2.05, 4.69) is 27.5 Å². The molecule has 0 radical (unpaired) electrons. The van der Waals surface area contributed by atoms with Crippen molar-refractivity contribution in [3.63, 3.8) is 0 Å². The first-order valence-electron chi connectivity index (χ1n) is 7.52. The van der Waals surface area contributed by atoms with Crippen LogP contribution in [0.1, 0.15) is 9.88 Å². The van der Waals surface area contributed by atoms with Gasteiger partial charge in [-0.3, -0.25) is 4.99 Å². The lowest BCUT2D eigenvalue weighted by Crippen LogP contribution is -2.40. The zero-order valence-electron chi connectivity index (χ0n) is 14.0. The maximum Gasteiger partial charge on any atom is 0.191 e. The van der Waals surface area contributed by atoms with Crippen LogP contribution in [0.4, 0.5) is 0 Å². The summed E-state index contributed by atoms with van der Waals surface area (Å²) < 4.78 is 5.62. The summed E-state index contributed by atoms with van der Waals surface area (Å²) in [6.45, 7) is 3.88. The van der Waals surface area contributed by atoms with Crippen LogP contribution < -0.4 is 15.4 Å². The van der Waals surface area contributed by atoms with Gasteiger partial charge in [-0.25, -0.2) is 4.98 Å². The molecular formula is C16H21Cl2IN4OS. The Morgan fingerprint density at radius 1 is 1.28 bits per heavy atom.